The van der Waals surface area contributed by atoms with Gasteiger partial charge in [0.25, 0.3) is 0 Å². The second-order valence-corrected chi connectivity index (χ2v) is 20.3. The topological polar surface area (TPSA) is 6.48 Å². The third-order valence-electron chi connectivity index (χ3n) is 16.6. The van der Waals surface area contributed by atoms with Gasteiger partial charge in [0.1, 0.15) is 0 Å². The molecule has 6 aromatic carbocycles. The van der Waals surface area contributed by atoms with Gasteiger partial charge < -0.3 is 9.71 Å². The average molecular weight is 755 g/mol. The minimum atomic E-state index is -0.101. The molecule has 58 heavy (non-hydrogen) atoms. The molecule has 0 spiro atoms. The van der Waals surface area contributed by atoms with Gasteiger partial charge in [-0.05, 0) is 148 Å². The Bertz CT molecular complexity index is 2810. The van der Waals surface area contributed by atoms with Crippen molar-refractivity contribution in [2.75, 3.05) is 9.71 Å². The zero-order valence-electron chi connectivity index (χ0n) is 35.7. The summed E-state index contributed by atoms with van der Waals surface area (Å²) >= 11 is 0. The van der Waals surface area contributed by atoms with Crippen LogP contribution >= 0.6 is 0 Å². The van der Waals surface area contributed by atoms with Crippen LogP contribution in [0.5, 0.6) is 0 Å². The maximum absolute atomic E-state index is 2.90. The van der Waals surface area contributed by atoms with Crippen LogP contribution in [0.15, 0.2) is 103 Å². The number of aryl methyl sites for hydroxylation is 2. The Morgan fingerprint density at radius 2 is 1.26 bits per heavy atom. The largest absolute Gasteiger partial charge is 0.376 e. The molecule has 0 saturated heterocycles. The Balaban J connectivity index is 1.20. The fraction of sp³-hybridized carbons (Fsp3) is 0.345. The third kappa shape index (κ3) is 4.11. The lowest BCUT2D eigenvalue weighted by atomic mass is 9.43. The predicted molar refractivity (Wildman–Crippen MR) is 247 cm³/mol. The van der Waals surface area contributed by atoms with Crippen molar-refractivity contribution in [2.24, 2.45) is 0 Å². The molecule has 6 aliphatic rings. The van der Waals surface area contributed by atoms with E-state index in [2.05, 4.69) is 168 Å². The molecule has 2 unspecified atom stereocenters. The summed E-state index contributed by atoms with van der Waals surface area (Å²) in [4.78, 5) is 5.72. The Morgan fingerprint density at radius 1 is 0.586 bits per heavy atom. The van der Waals surface area contributed by atoms with Crippen molar-refractivity contribution in [2.45, 2.75) is 122 Å². The maximum atomic E-state index is 2.90. The van der Waals surface area contributed by atoms with Gasteiger partial charge in [-0.2, -0.15) is 0 Å². The van der Waals surface area contributed by atoms with Gasteiger partial charge in [-0.25, -0.2) is 0 Å². The molecule has 6 aromatic rings. The minimum absolute atomic E-state index is 0.00756. The molecule has 3 aliphatic heterocycles. The number of hydrogen-bond acceptors (Lipinski definition) is 2. The van der Waals surface area contributed by atoms with Crippen LogP contribution in [0.3, 0.4) is 0 Å². The average Bonchev–Trinajstić information content (AvgIpc) is 3.68. The van der Waals surface area contributed by atoms with E-state index in [1.807, 2.05) is 0 Å². The lowest BCUT2D eigenvalue weighted by molar-refractivity contribution is 0.195. The maximum Gasteiger partial charge on any atom is 0.333 e. The Labute approximate surface area is 346 Å². The predicted octanol–water partition coefficient (Wildman–Crippen LogP) is 12.9. The molecule has 3 heterocycles. The molecule has 0 radical (unpaired) electrons. The van der Waals surface area contributed by atoms with Crippen molar-refractivity contribution < 1.29 is 0 Å². The van der Waals surface area contributed by atoms with Gasteiger partial charge >= 0.3 is 6.85 Å². The van der Waals surface area contributed by atoms with Crippen molar-refractivity contribution in [3.63, 3.8) is 0 Å². The number of fused-ring (bicyclic) bond motifs is 13. The highest BCUT2D eigenvalue weighted by molar-refractivity contribution is 6.93. The number of rotatable bonds is 4. The van der Waals surface area contributed by atoms with Gasteiger partial charge in [0.2, 0.25) is 0 Å². The first-order valence-corrected chi connectivity index (χ1v) is 22.3. The fourth-order valence-electron chi connectivity index (χ4n) is 13.4. The second kappa shape index (κ2) is 11.4. The monoisotopic (exact) mass is 754 g/mol. The molecule has 0 aromatic heterocycles. The lowest BCUT2D eigenvalue weighted by Crippen LogP contribution is -2.64. The van der Waals surface area contributed by atoms with E-state index in [1.54, 1.807) is 5.56 Å². The number of unbranched alkanes of at least 4 members (excludes halogenated alkanes) is 1. The lowest BCUT2D eigenvalue weighted by Gasteiger charge is -2.53. The molecular formula is C55H55BN2. The van der Waals surface area contributed by atoms with Gasteiger partial charge in [0.15, 0.2) is 0 Å². The van der Waals surface area contributed by atoms with E-state index in [9.17, 15) is 0 Å². The highest BCUT2D eigenvalue weighted by Crippen LogP contribution is 2.63. The zero-order valence-corrected chi connectivity index (χ0v) is 35.7. The summed E-state index contributed by atoms with van der Waals surface area (Å²) in [5, 5.41) is 0. The van der Waals surface area contributed by atoms with E-state index in [0.717, 1.165) is 6.42 Å². The Hall–Kier alpha value is -5.02. The molecule has 0 bridgehead atoms. The molecule has 2 atom stereocenters. The van der Waals surface area contributed by atoms with E-state index in [1.165, 1.54) is 139 Å². The molecule has 288 valence electrons. The molecule has 3 heteroatoms. The summed E-state index contributed by atoms with van der Waals surface area (Å²) in [6, 6.07) is 41.4. The van der Waals surface area contributed by atoms with Gasteiger partial charge in [0, 0.05) is 44.6 Å². The van der Waals surface area contributed by atoms with Crippen LogP contribution < -0.4 is 20.6 Å². The number of benzene rings is 6. The van der Waals surface area contributed by atoms with E-state index in [-0.39, 0.29) is 28.6 Å². The first-order chi connectivity index (χ1) is 27.9. The van der Waals surface area contributed by atoms with E-state index in [0.29, 0.717) is 0 Å². The first-order valence-electron chi connectivity index (χ1n) is 22.3. The van der Waals surface area contributed by atoms with Crippen LogP contribution in [0, 0.1) is 6.92 Å². The van der Waals surface area contributed by atoms with E-state index in [4.69, 9.17) is 0 Å². The number of anilines is 4. The third-order valence-corrected chi connectivity index (χ3v) is 16.6. The van der Waals surface area contributed by atoms with Crippen molar-refractivity contribution in [3.8, 4) is 33.4 Å². The van der Waals surface area contributed by atoms with Gasteiger partial charge in [-0.3, -0.25) is 0 Å². The SMILES string of the molecule is CCCCc1cc2c3c(c1)C1(C)CCCCC1(C)N3c1cc(C)cc3c1B2N(c1ccc2c(c1)C(C)(C)c1ccccc1-2)c1cc2c(cc1-3)-c1ccccc1C2(C)C. The minimum Gasteiger partial charge on any atom is -0.376 e. The van der Waals surface area contributed by atoms with Crippen LogP contribution in [0.25, 0.3) is 33.4 Å². The Kier molecular flexibility index (Phi) is 6.86. The van der Waals surface area contributed by atoms with Crippen LogP contribution in [-0.2, 0) is 22.7 Å². The van der Waals surface area contributed by atoms with Crippen LogP contribution in [0.4, 0.5) is 22.7 Å². The van der Waals surface area contributed by atoms with Crippen molar-refractivity contribution in [1.82, 2.24) is 0 Å². The number of hydrogen-bond donors (Lipinski definition) is 0. The summed E-state index contributed by atoms with van der Waals surface area (Å²) in [5.41, 5.74) is 27.0. The zero-order chi connectivity index (χ0) is 39.7. The molecule has 1 saturated carbocycles. The standard InChI is InChI=1S/C55H55BN2/c1-9-10-17-34-28-46-51-47(29-34)56-50-41(26-33(2)27-49(50)57(51)55(8)25-16-15-24-54(46,55)7)40-31-39-37-19-12-14-21-43(37)53(5,6)45(39)32-48(40)58(56)35-22-23-38-36-18-11-13-20-42(36)52(3,4)44(38)30-35/h11-14,18-23,26-32H,9-10,15-17,24-25H2,1-8H3. The second-order valence-electron chi connectivity index (χ2n) is 20.3. The van der Waals surface area contributed by atoms with Gasteiger partial charge in [-0.1, -0.05) is 134 Å². The summed E-state index contributed by atoms with van der Waals surface area (Å²) in [5.74, 6) is 0. The summed E-state index contributed by atoms with van der Waals surface area (Å²) in [6.07, 6.45) is 8.61. The van der Waals surface area contributed by atoms with E-state index < -0.39 is 0 Å². The van der Waals surface area contributed by atoms with Gasteiger partial charge in [0.05, 0.1) is 5.54 Å². The molecule has 3 aliphatic carbocycles. The highest BCUT2D eigenvalue weighted by Gasteiger charge is 2.62. The van der Waals surface area contributed by atoms with Crippen LogP contribution in [0.1, 0.15) is 126 Å². The first kappa shape index (κ1) is 35.0. The van der Waals surface area contributed by atoms with Crippen LogP contribution in [-0.4, -0.2) is 12.4 Å². The normalized spacial score (nSPS) is 22.7. The molecular weight excluding hydrogens is 699 g/mol. The summed E-state index contributed by atoms with van der Waals surface area (Å²) in [7, 11) is 0. The summed E-state index contributed by atoms with van der Waals surface area (Å²) < 4.78 is 0. The molecule has 1 fully saturated rings. The van der Waals surface area contributed by atoms with Crippen molar-refractivity contribution >= 4 is 40.5 Å². The summed E-state index contributed by atoms with van der Waals surface area (Å²) in [6.45, 7) is 19.7. The molecule has 12 rings (SSSR count). The quantitative estimate of drug-likeness (QED) is 0.165. The number of nitrogens with zero attached hydrogens (tertiary/aromatic N) is 2. The molecule has 2 nitrogen and oxygen atoms in total. The Morgan fingerprint density at radius 3 is 2.00 bits per heavy atom. The smallest absolute Gasteiger partial charge is 0.333 e. The van der Waals surface area contributed by atoms with Crippen molar-refractivity contribution in [3.05, 3.63) is 142 Å². The van der Waals surface area contributed by atoms with Gasteiger partial charge in [-0.15, -0.1) is 0 Å². The molecule has 0 N–H and O–H groups in total. The van der Waals surface area contributed by atoms with Crippen molar-refractivity contribution in [1.29, 1.82) is 0 Å². The molecule has 0 amide bonds. The van der Waals surface area contributed by atoms with Crippen LogP contribution in [0.2, 0.25) is 0 Å². The highest BCUT2D eigenvalue weighted by atomic mass is 15.3. The fourth-order valence-corrected chi connectivity index (χ4v) is 13.4. The van der Waals surface area contributed by atoms with E-state index >= 15 is 0 Å².